The maximum atomic E-state index is 12.4. The highest BCUT2D eigenvalue weighted by Crippen LogP contribution is 2.46. The van der Waals surface area contributed by atoms with Gasteiger partial charge in [-0.05, 0) is 12.1 Å². The molecule has 0 N–H and O–H groups in total. The summed E-state index contributed by atoms with van der Waals surface area (Å²) < 4.78 is 5.58. The zero-order chi connectivity index (χ0) is 12.3. The molecule has 3 aliphatic rings. The van der Waals surface area contributed by atoms with Crippen LogP contribution in [0, 0.1) is 11.8 Å². The molecule has 1 aromatic rings. The number of imide groups is 1. The third-order valence-corrected chi connectivity index (χ3v) is 3.92. The van der Waals surface area contributed by atoms with Crippen LogP contribution in [0.3, 0.4) is 0 Å². The van der Waals surface area contributed by atoms with Gasteiger partial charge in [-0.25, -0.2) is 4.90 Å². The van der Waals surface area contributed by atoms with Crippen molar-refractivity contribution in [1.82, 2.24) is 0 Å². The Balaban J connectivity index is 1.77. The van der Waals surface area contributed by atoms with Crippen LogP contribution in [0.15, 0.2) is 42.5 Å². The molecule has 4 heteroatoms. The van der Waals surface area contributed by atoms with Crippen molar-refractivity contribution in [2.75, 3.05) is 4.90 Å². The normalized spacial score (nSPS) is 36.6. The smallest absolute Gasteiger partial charge is 0.240 e. The van der Waals surface area contributed by atoms with E-state index >= 15 is 0 Å². The number of anilines is 1. The van der Waals surface area contributed by atoms with Gasteiger partial charge >= 0.3 is 0 Å². The summed E-state index contributed by atoms with van der Waals surface area (Å²) in [5, 5.41) is 0. The lowest BCUT2D eigenvalue weighted by Gasteiger charge is -2.17. The number of para-hydroxylation sites is 1. The molecule has 2 saturated heterocycles. The number of carbonyl (C=O) groups excluding carboxylic acids is 2. The minimum atomic E-state index is -0.326. The van der Waals surface area contributed by atoms with Gasteiger partial charge in [-0.3, -0.25) is 9.59 Å². The fourth-order valence-corrected chi connectivity index (χ4v) is 3.14. The first-order valence-electron chi connectivity index (χ1n) is 6.04. The summed E-state index contributed by atoms with van der Waals surface area (Å²) in [5.41, 5.74) is 0.654. The maximum absolute atomic E-state index is 12.4. The quantitative estimate of drug-likeness (QED) is 0.547. The van der Waals surface area contributed by atoms with Crippen LogP contribution in [0.5, 0.6) is 0 Å². The van der Waals surface area contributed by atoms with E-state index in [1.807, 2.05) is 30.4 Å². The van der Waals surface area contributed by atoms with Crippen LogP contribution in [0.2, 0.25) is 0 Å². The molecule has 3 aliphatic heterocycles. The van der Waals surface area contributed by atoms with Gasteiger partial charge in [0.25, 0.3) is 0 Å². The lowest BCUT2D eigenvalue weighted by molar-refractivity contribution is -0.124. The molecule has 3 heterocycles. The predicted octanol–water partition coefficient (Wildman–Crippen LogP) is 1.13. The molecular formula is C14H11NO3. The average molecular weight is 241 g/mol. The maximum Gasteiger partial charge on any atom is 0.240 e. The molecular weight excluding hydrogens is 230 g/mol. The minimum Gasteiger partial charge on any atom is -0.365 e. The summed E-state index contributed by atoms with van der Waals surface area (Å²) in [4.78, 5) is 26.1. The second-order valence-electron chi connectivity index (χ2n) is 4.85. The SMILES string of the molecule is O=C1[C@H]2[C@H](C(=O)N1c1ccccc1)[C@@H]1C=C[C@@H]2O1. The van der Waals surface area contributed by atoms with Crippen molar-refractivity contribution >= 4 is 17.5 Å². The third kappa shape index (κ3) is 1.08. The zero-order valence-electron chi connectivity index (χ0n) is 9.52. The molecule has 1 aromatic carbocycles. The van der Waals surface area contributed by atoms with Crippen molar-refractivity contribution in [3.63, 3.8) is 0 Å². The second kappa shape index (κ2) is 3.29. The van der Waals surface area contributed by atoms with Crippen molar-refractivity contribution < 1.29 is 14.3 Å². The molecule has 90 valence electrons. The Morgan fingerprint density at radius 1 is 0.889 bits per heavy atom. The fourth-order valence-electron chi connectivity index (χ4n) is 3.14. The predicted molar refractivity (Wildman–Crippen MR) is 63.7 cm³/mol. The average Bonchev–Trinajstić information content (AvgIpc) is 3.05. The number of carbonyl (C=O) groups is 2. The van der Waals surface area contributed by atoms with E-state index in [2.05, 4.69) is 0 Å². The summed E-state index contributed by atoms with van der Waals surface area (Å²) >= 11 is 0. The Morgan fingerprint density at radius 3 is 2.00 bits per heavy atom. The number of fused-ring (bicyclic) bond motifs is 5. The molecule has 2 amide bonds. The van der Waals surface area contributed by atoms with Crippen LogP contribution in [-0.2, 0) is 14.3 Å². The molecule has 4 rings (SSSR count). The van der Waals surface area contributed by atoms with Gasteiger partial charge in [-0.15, -0.1) is 0 Å². The van der Waals surface area contributed by atoms with E-state index in [9.17, 15) is 9.59 Å². The largest absolute Gasteiger partial charge is 0.365 e. The first kappa shape index (κ1) is 10.0. The Kier molecular flexibility index (Phi) is 1.84. The van der Waals surface area contributed by atoms with Crippen LogP contribution < -0.4 is 4.90 Å². The number of nitrogens with zero attached hydrogens (tertiary/aromatic N) is 1. The molecule has 0 unspecified atom stereocenters. The summed E-state index contributed by atoms with van der Waals surface area (Å²) in [7, 11) is 0. The Morgan fingerprint density at radius 2 is 1.44 bits per heavy atom. The Hall–Kier alpha value is -1.94. The second-order valence-corrected chi connectivity index (χ2v) is 4.85. The molecule has 0 spiro atoms. The summed E-state index contributed by atoms with van der Waals surface area (Å²) in [5.74, 6) is -0.915. The number of amides is 2. The van der Waals surface area contributed by atoms with Crippen LogP contribution in [0.25, 0.3) is 0 Å². The monoisotopic (exact) mass is 241 g/mol. The van der Waals surface area contributed by atoms with Crippen LogP contribution in [0.4, 0.5) is 5.69 Å². The molecule has 0 aromatic heterocycles. The van der Waals surface area contributed by atoms with Crippen LogP contribution in [-0.4, -0.2) is 24.0 Å². The molecule has 2 bridgehead atoms. The molecule has 2 fully saturated rings. The van der Waals surface area contributed by atoms with Gasteiger partial charge in [0.2, 0.25) is 11.8 Å². The molecule has 0 saturated carbocycles. The van der Waals surface area contributed by atoms with Crippen molar-refractivity contribution in [2.45, 2.75) is 12.2 Å². The van der Waals surface area contributed by atoms with Gasteiger partial charge in [0.1, 0.15) is 0 Å². The van der Waals surface area contributed by atoms with Gasteiger partial charge in [-0.1, -0.05) is 30.4 Å². The number of rotatable bonds is 1. The standard InChI is InChI=1S/C14H11NO3/c16-13-11-9-6-7-10(18-9)12(11)14(17)15(13)8-4-2-1-3-5-8/h1-7,9-12H/t9-,10-,11+,12+/m0/s1. The summed E-state index contributed by atoms with van der Waals surface area (Å²) in [6, 6.07) is 9.09. The van der Waals surface area contributed by atoms with E-state index in [0.717, 1.165) is 0 Å². The van der Waals surface area contributed by atoms with E-state index in [4.69, 9.17) is 4.74 Å². The van der Waals surface area contributed by atoms with E-state index in [1.54, 1.807) is 12.1 Å². The zero-order valence-corrected chi connectivity index (χ0v) is 9.52. The summed E-state index contributed by atoms with van der Waals surface area (Å²) in [6.07, 6.45) is 3.35. The van der Waals surface area contributed by atoms with Gasteiger partial charge in [0, 0.05) is 0 Å². The third-order valence-electron chi connectivity index (χ3n) is 3.92. The van der Waals surface area contributed by atoms with Crippen molar-refractivity contribution in [2.24, 2.45) is 11.8 Å². The van der Waals surface area contributed by atoms with Crippen LogP contribution in [0.1, 0.15) is 0 Å². The van der Waals surface area contributed by atoms with Crippen LogP contribution >= 0.6 is 0 Å². The molecule has 0 radical (unpaired) electrons. The number of benzene rings is 1. The van der Waals surface area contributed by atoms with E-state index < -0.39 is 0 Å². The van der Waals surface area contributed by atoms with Crippen molar-refractivity contribution in [3.05, 3.63) is 42.5 Å². The van der Waals surface area contributed by atoms with Gasteiger partial charge < -0.3 is 4.74 Å². The number of ether oxygens (including phenoxy) is 1. The summed E-state index contributed by atoms with van der Waals surface area (Å²) in [6.45, 7) is 0. The first-order valence-corrected chi connectivity index (χ1v) is 6.04. The lowest BCUT2D eigenvalue weighted by Crippen LogP contribution is -2.34. The topological polar surface area (TPSA) is 46.6 Å². The van der Waals surface area contributed by atoms with Gasteiger partial charge in [0.05, 0.1) is 29.7 Å². The van der Waals surface area contributed by atoms with Crippen molar-refractivity contribution in [3.8, 4) is 0 Å². The van der Waals surface area contributed by atoms with Gasteiger partial charge in [-0.2, -0.15) is 0 Å². The van der Waals surface area contributed by atoms with E-state index in [0.29, 0.717) is 5.69 Å². The molecule has 18 heavy (non-hydrogen) atoms. The fraction of sp³-hybridized carbons (Fsp3) is 0.286. The highest BCUT2D eigenvalue weighted by molar-refractivity contribution is 6.23. The van der Waals surface area contributed by atoms with Crippen molar-refractivity contribution in [1.29, 1.82) is 0 Å². The highest BCUT2D eigenvalue weighted by Gasteiger charge is 2.60. The molecule has 4 nitrogen and oxygen atoms in total. The molecule has 4 atom stereocenters. The van der Waals surface area contributed by atoms with E-state index in [-0.39, 0.29) is 35.9 Å². The molecule has 0 aliphatic carbocycles. The number of hydrogen-bond donors (Lipinski definition) is 0. The first-order chi connectivity index (χ1) is 8.77. The van der Waals surface area contributed by atoms with Gasteiger partial charge in [0.15, 0.2) is 0 Å². The Bertz CT molecular complexity index is 536. The highest BCUT2D eigenvalue weighted by atomic mass is 16.5. The minimum absolute atomic E-state index is 0.131. The Labute approximate surface area is 104 Å². The number of hydrogen-bond acceptors (Lipinski definition) is 3. The van der Waals surface area contributed by atoms with E-state index in [1.165, 1.54) is 4.90 Å². The lowest BCUT2D eigenvalue weighted by atomic mass is 9.85.